The first-order chi connectivity index (χ1) is 16.9. The van der Waals surface area contributed by atoms with E-state index in [1.165, 1.54) is 11.1 Å². The largest absolute Gasteiger partial charge is 0.282 e. The van der Waals surface area contributed by atoms with E-state index < -0.39 is 10.8 Å². The van der Waals surface area contributed by atoms with Gasteiger partial charge in [-0.25, -0.2) is 0 Å². The Labute approximate surface area is 207 Å². The summed E-state index contributed by atoms with van der Waals surface area (Å²) >= 11 is 0. The molecule has 1 N–H and O–H groups in total. The third kappa shape index (κ3) is 4.17. The van der Waals surface area contributed by atoms with Gasteiger partial charge in [0.25, 0.3) is 0 Å². The van der Waals surface area contributed by atoms with Gasteiger partial charge in [0.2, 0.25) is 0 Å². The maximum atomic E-state index is 5.29. The number of benzene rings is 2. The zero-order valence-electron chi connectivity index (χ0n) is 20.7. The van der Waals surface area contributed by atoms with Crippen molar-refractivity contribution in [3.8, 4) is 11.4 Å². The molecule has 0 aliphatic rings. The molecule has 0 atom stereocenters. The Bertz CT molecular complexity index is 1400. The van der Waals surface area contributed by atoms with Gasteiger partial charge in [-0.15, -0.1) is 0 Å². The predicted molar refractivity (Wildman–Crippen MR) is 141 cm³/mol. The number of nitrogens with one attached hydrogen (secondary N) is 1. The van der Waals surface area contributed by atoms with Gasteiger partial charge in [0.15, 0.2) is 0 Å². The summed E-state index contributed by atoms with van der Waals surface area (Å²) in [5, 5.41) is 7.40. The van der Waals surface area contributed by atoms with E-state index in [4.69, 9.17) is 9.97 Å². The van der Waals surface area contributed by atoms with Gasteiger partial charge < -0.3 is 0 Å². The van der Waals surface area contributed by atoms with Crippen LogP contribution in [-0.4, -0.2) is 20.2 Å². The van der Waals surface area contributed by atoms with Gasteiger partial charge in [-0.05, 0) is 69.2 Å². The quantitative estimate of drug-likeness (QED) is 0.302. The molecular formula is C31H30N4. The molecule has 0 bridgehead atoms. The summed E-state index contributed by atoms with van der Waals surface area (Å²) in [6.07, 6.45) is 0. The van der Waals surface area contributed by atoms with Crippen molar-refractivity contribution < 1.29 is 0 Å². The molecule has 5 aromatic rings. The third-order valence-electron chi connectivity index (χ3n) is 6.96. The van der Waals surface area contributed by atoms with Gasteiger partial charge in [-0.2, -0.15) is 5.10 Å². The van der Waals surface area contributed by atoms with E-state index in [9.17, 15) is 0 Å². The summed E-state index contributed by atoms with van der Waals surface area (Å²) in [6, 6.07) is 35.7. The van der Waals surface area contributed by atoms with Crippen molar-refractivity contribution in [1.82, 2.24) is 20.2 Å². The maximum Gasteiger partial charge on any atom is 0.111 e. The summed E-state index contributed by atoms with van der Waals surface area (Å²) in [6.45, 7) is 8.62. The van der Waals surface area contributed by atoms with Crippen LogP contribution in [0.4, 0.5) is 0 Å². The fourth-order valence-corrected chi connectivity index (χ4v) is 4.67. The molecule has 4 nitrogen and oxygen atoms in total. The number of pyridine rings is 2. The summed E-state index contributed by atoms with van der Waals surface area (Å²) in [7, 11) is 0. The Kier molecular flexibility index (Phi) is 5.81. The smallest absolute Gasteiger partial charge is 0.111 e. The molecule has 4 heteroatoms. The maximum absolute atomic E-state index is 5.29. The SMILES string of the molecule is Cc1cc(-c2cccc(C(C)(C)c3cccc(C(C)(c4ccccc4)c4ccccc4)n3)n2)n[nH]1. The van der Waals surface area contributed by atoms with Crippen LogP contribution in [-0.2, 0) is 10.8 Å². The zero-order chi connectivity index (χ0) is 24.5. The molecule has 0 saturated carbocycles. The lowest BCUT2D eigenvalue weighted by Gasteiger charge is -2.32. The molecule has 5 rings (SSSR count). The van der Waals surface area contributed by atoms with Gasteiger partial charge in [-0.3, -0.25) is 15.1 Å². The summed E-state index contributed by atoms with van der Waals surface area (Å²) in [4.78, 5) is 10.3. The van der Waals surface area contributed by atoms with Gasteiger partial charge >= 0.3 is 0 Å². The molecule has 2 aromatic carbocycles. The lowest BCUT2D eigenvalue weighted by molar-refractivity contribution is 0.577. The number of aromatic amines is 1. The fourth-order valence-electron chi connectivity index (χ4n) is 4.67. The highest BCUT2D eigenvalue weighted by Gasteiger charge is 2.34. The van der Waals surface area contributed by atoms with Gasteiger partial charge in [-0.1, -0.05) is 72.8 Å². The first-order valence-corrected chi connectivity index (χ1v) is 12.0. The van der Waals surface area contributed by atoms with Gasteiger partial charge in [0.1, 0.15) is 5.69 Å². The Morgan fingerprint density at radius 3 is 1.69 bits per heavy atom. The second-order valence-corrected chi connectivity index (χ2v) is 9.73. The summed E-state index contributed by atoms with van der Waals surface area (Å²) in [5.74, 6) is 0. The fraction of sp³-hybridized carbons (Fsp3) is 0.194. The number of aromatic nitrogens is 4. The van der Waals surface area contributed by atoms with Crippen molar-refractivity contribution >= 4 is 0 Å². The van der Waals surface area contributed by atoms with Crippen LogP contribution >= 0.6 is 0 Å². The first-order valence-electron chi connectivity index (χ1n) is 12.0. The van der Waals surface area contributed by atoms with Gasteiger partial charge in [0.05, 0.1) is 28.2 Å². The van der Waals surface area contributed by atoms with Crippen molar-refractivity contribution in [3.63, 3.8) is 0 Å². The average molecular weight is 459 g/mol. The van der Waals surface area contributed by atoms with Crippen LogP contribution < -0.4 is 0 Å². The third-order valence-corrected chi connectivity index (χ3v) is 6.96. The van der Waals surface area contributed by atoms with Crippen LogP contribution in [0.3, 0.4) is 0 Å². The van der Waals surface area contributed by atoms with E-state index in [2.05, 4.69) is 116 Å². The van der Waals surface area contributed by atoms with E-state index in [1.807, 2.05) is 25.1 Å². The number of rotatable bonds is 6. The monoisotopic (exact) mass is 458 g/mol. The second-order valence-electron chi connectivity index (χ2n) is 9.73. The van der Waals surface area contributed by atoms with Crippen molar-refractivity contribution in [1.29, 1.82) is 0 Å². The van der Waals surface area contributed by atoms with Crippen LogP contribution in [0.15, 0.2) is 103 Å². The number of nitrogens with zero attached hydrogens (tertiary/aromatic N) is 3. The molecular weight excluding hydrogens is 428 g/mol. The minimum atomic E-state index is -0.397. The van der Waals surface area contributed by atoms with Crippen molar-refractivity contribution in [3.05, 3.63) is 137 Å². The highest BCUT2D eigenvalue weighted by Crippen LogP contribution is 2.39. The molecule has 3 aromatic heterocycles. The van der Waals surface area contributed by atoms with Crippen LogP contribution in [0, 0.1) is 6.92 Å². The highest BCUT2D eigenvalue weighted by molar-refractivity contribution is 5.55. The average Bonchev–Trinajstić information content (AvgIpc) is 3.35. The Morgan fingerprint density at radius 2 is 1.11 bits per heavy atom. The molecule has 0 fully saturated rings. The van der Waals surface area contributed by atoms with Gasteiger partial charge in [0, 0.05) is 11.1 Å². The molecule has 35 heavy (non-hydrogen) atoms. The lowest BCUT2D eigenvalue weighted by atomic mass is 9.73. The Hall–Kier alpha value is -4.05. The predicted octanol–water partition coefficient (Wildman–Crippen LogP) is 6.86. The lowest BCUT2D eigenvalue weighted by Crippen LogP contribution is -2.29. The molecule has 0 radical (unpaired) electrons. The molecule has 0 unspecified atom stereocenters. The number of aryl methyl sites for hydroxylation is 1. The molecule has 0 saturated heterocycles. The van der Waals surface area contributed by atoms with Crippen LogP contribution in [0.25, 0.3) is 11.4 Å². The minimum Gasteiger partial charge on any atom is -0.282 e. The van der Waals surface area contributed by atoms with E-state index in [0.717, 1.165) is 34.2 Å². The zero-order valence-corrected chi connectivity index (χ0v) is 20.7. The van der Waals surface area contributed by atoms with Crippen LogP contribution in [0.5, 0.6) is 0 Å². The standard InChI is InChI=1S/C31H30N4/c1-22-21-26(35-34-22)25-17-11-18-27(32-25)30(2,3)28-19-12-20-29(33-28)31(4,23-13-7-5-8-14-23)24-15-9-6-10-16-24/h5-21H,1-4H3,(H,34,35). The number of hydrogen-bond acceptors (Lipinski definition) is 3. The first kappa shape index (κ1) is 22.7. The Morgan fingerprint density at radius 1 is 0.571 bits per heavy atom. The molecule has 0 amide bonds. The van der Waals surface area contributed by atoms with Crippen molar-refractivity contribution in [2.45, 2.75) is 38.5 Å². The van der Waals surface area contributed by atoms with Crippen LogP contribution in [0.1, 0.15) is 54.7 Å². The van der Waals surface area contributed by atoms with E-state index in [1.54, 1.807) is 0 Å². The van der Waals surface area contributed by atoms with E-state index in [0.29, 0.717) is 0 Å². The molecule has 0 aliphatic carbocycles. The molecule has 0 aliphatic heterocycles. The van der Waals surface area contributed by atoms with Crippen molar-refractivity contribution in [2.75, 3.05) is 0 Å². The Balaban J connectivity index is 1.61. The van der Waals surface area contributed by atoms with E-state index >= 15 is 0 Å². The normalized spacial score (nSPS) is 12.0. The van der Waals surface area contributed by atoms with E-state index in [-0.39, 0.29) is 0 Å². The summed E-state index contributed by atoms with van der Waals surface area (Å²) < 4.78 is 0. The number of hydrogen-bond donors (Lipinski definition) is 1. The molecule has 3 heterocycles. The number of H-pyrrole nitrogens is 1. The van der Waals surface area contributed by atoms with Crippen LogP contribution in [0.2, 0.25) is 0 Å². The van der Waals surface area contributed by atoms with Crippen molar-refractivity contribution in [2.24, 2.45) is 0 Å². The summed E-state index contributed by atoms with van der Waals surface area (Å²) in [5.41, 5.74) is 7.31. The topological polar surface area (TPSA) is 54.5 Å². The second kappa shape index (κ2) is 8.95. The minimum absolute atomic E-state index is 0.392. The molecule has 174 valence electrons. The molecule has 0 spiro atoms. The highest BCUT2D eigenvalue weighted by atomic mass is 15.1.